The maximum atomic E-state index is 12.3. The van der Waals surface area contributed by atoms with Gasteiger partial charge in [-0.1, -0.05) is 23.7 Å². The van der Waals surface area contributed by atoms with Gasteiger partial charge in [0.05, 0.1) is 16.9 Å². The van der Waals surface area contributed by atoms with E-state index in [0.29, 0.717) is 21.9 Å². The number of carbonyl (C=O) groups is 1. The Morgan fingerprint density at radius 3 is 2.90 bits per heavy atom. The summed E-state index contributed by atoms with van der Waals surface area (Å²) < 4.78 is 1.58. The summed E-state index contributed by atoms with van der Waals surface area (Å²) in [5.41, 5.74) is 2.45. The quantitative estimate of drug-likeness (QED) is 0.788. The summed E-state index contributed by atoms with van der Waals surface area (Å²) >= 11 is 6.02. The number of halogens is 1. The van der Waals surface area contributed by atoms with Crippen molar-refractivity contribution in [3.63, 3.8) is 0 Å². The lowest BCUT2D eigenvalue weighted by Crippen LogP contribution is -2.12. The van der Waals surface area contributed by atoms with Gasteiger partial charge in [-0.25, -0.2) is 9.50 Å². The van der Waals surface area contributed by atoms with Crippen LogP contribution in [0.3, 0.4) is 0 Å². The highest BCUT2D eigenvalue weighted by Crippen LogP contribution is 2.21. The molecule has 0 unspecified atom stereocenters. The van der Waals surface area contributed by atoms with Gasteiger partial charge < -0.3 is 5.32 Å². The van der Waals surface area contributed by atoms with Crippen LogP contribution >= 0.6 is 11.6 Å². The van der Waals surface area contributed by atoms with E-state index in [0.717, 1.165) is 5.56 Å². The monoisotopic (exact) mass is 286 g/mol. The number of nitrogens with zero attached hydrogens (tertiary/aromatic N) is 3. The Hall–Kier alpha value is -2.40. The molecular formula is C14H11ClN4O. The molecule has 0 aliphatic rings. The topological polar surface area (TPSA) is 59.3 Å². The smallest absolute Gasteiger partial charge is 0.261 e. The highest BCUT2D eigenvalue weighted by molar-refractivity contribution is 6.34. The van der Waals surface area contributed by atoms with Crippen LogP contribution in [0.25, 0.3) is 5.65 Å². The zero-order valence-electron chi connectivity index (χ0n) is 10.7. The van der Waals surface area contributed by atoms with E-state index in [1.807, 2.05) is 13.1 Å². The number of aromatic nitrogens is 3. The van der Waals surface area contributed by atoms with Crippen LogP contribution in [0, 0.1) is 6.92 Å². The Balaban J connectivity index is 1.95. The number of para-hydroxylation sites is 1. The molecule has 1 amide bonds. The molecule has 6 heteroatoms. The third-order valence-electron chi connectivity index (χ3n) is 2.85. The standard InChI is InChI=1S/C14H11ClN4O/c1-9-6-16-13-10(7-17-19(13)8-9)14(20)18-12-5-3-2-4-11(12)15/h2-8H,1H3,(H,18,20). The number of rotatable bonds is 2. The van der Waals surface area contributed by atoms with Gasteiger partial charge in [0.1, 0.15) is 5.56 Å². The fourth-order valence-electron chi connectivity index (χ4n) is 1.88. The van der Waals surface area contributed by atoms with Gasteiger partial charge in [0.15, 0.2) is 5.65 Å². The van der Waals surface area contributed by atoms with E-state index in [1.54, 1.807) is 35.0 Å². The number of hydrogen-bond acceptors (Lipinski definition) is 3. The molecule has 0 aliphatic heterocycles. The van der Waals surface area contributed by atoms with Gasteiger partial charge in [-0.2, -0.15) is 5.10 Å². The van der Waals surface area contributed by atoms with E-state index in [4.69, 9.17) is 11.6 Å². The molecule has 3 aromatic rings. The van der Waals surface area contributed by atoms with E-state index < -0.39 is 0 Å². The molecule has 0 saturated carbocycles. The first-order valence-corrected chi connectivity index (χ1v) is 6.39. The van der Waals surface area contributed by atoms with Crippen molar-refractivity contribution >= 4 is 28.8 Å². The van der Waals surface area contributed by atoms with Crippen molar-refractivity contribution < 1.29 is 4.79 Å². The molecule has 0 bridgehead atoms. The van der Waals surface area contributed by atoms with Gasteiger partial charge in [0.2, 0.25) is 0 Å². The molecular weight excluding hydrogens is 276 g/mol. The molecule has 20 heavy (non-hydrogen) atoms. The molecule has 2 aromatic heterocycles. The molecule has 2 heterocycles. The lowest BCUT2D eigenvalue weighted by molar-refractivity contribution is 0.102. The van der Waals surface area contributed by atoms with Gasteiger partial charge >= 0.3 is 0 Å². The molecule has 0 fully saturated rings. The summed E-state index contributed by atoms with van der Waals surface area (Å²) in [5, 5.41) is 7.37. The minimum Gasteiger partial charge on any atom is -0.320 e. The molecule has 0 aliphatic carbocycles. The van der Waals surface area contributed by atoms with Gasteiger partial charge in [-0.15, -0.1) is 0 Å². The minimum atomic E-state index is -0.288. The number of amides is 1. The summed E-state index contributed by atoms with van der Waals surface area (Å²) in [7, 11) is 0. The van der Waals surface area contributed by atoms with Crippen LogP contribution in [0.5, 0.6) is 0 Å². The predicted octanol–water partition coefficient (Wildman–Crippen LogP) is 2.94. The maximum Gasteiger partial charge on any atom is 0.261 e. The van der Waals surface area contributed by atoms with Crippen molar-refractivity contribution in [2.75, 3.05) is 5.32 Å². The predicted molar refractivity (Wildman–Crippen MR) is 77.1 cm³/mol. The molecule has 5 nitrogen and oxygen atoms in total. The number of benzene rings is 1. The first kappa shape index (κ1) is 12.6. The second kappa shape index (κ2) is 4.94. The van der Waals surface area contributed by atoms with Crippen molar-refractivity contribution in [1.29, 1.82) is 0 Å². The largest absolute Gasteiger partial charge is 0.320 e. The lowest BCUT2D eigenvalue weighted by atomic mass is 10.2. The maximum absolute atomic E-state index is 12.3. The molecule has 3 rings (SSSR count). The third kappa shape index (κ3) is 2.23. The second-order valence-electron chi connectivity index (χ2n) is 4.39. The van der Waals surface area contributed by atoms with Gasteiger partial charge in [-0.05, 0) is 24.6 Å². The Morgan fingerprint density at radius 2 is 2.10 bits per heavy atom. The summed E-state index contributed by atoms with van der Waals surface area (Å²) in [5.74, 6) is -0.288. The number of fused-ring (bicyclic) bond motifs is 1. The Bertz CT molecular complexity index is 797. The van der Waals surface area contributed by atoms with E-state index in [2.05, 4.69) is 15.4 Å². The van der Waals surface area contributed by atoms with Gasteiger partial charge in [0, 0.05) is 12.4 Å². The molecule has 0 saturated heterocycles. The van der Waals surface area contributed by atoms with E-state index in [9.17, 15) is 4.79 Å². The molecule has 0 radical (unpaired) electrons. The van der Waals surface area contributed by atoms with Crippen molar-refractivity contribution in [2.45, 2.75) is 6.92 Å². The van der Waals surface area contributed by atoms with Gasteiger partial charge in [0.25, 0.3) is 5.91 Å². The summed E-state index contributed by atoms with van der Waals surface area (Å²) in [6, 6.07) is 7.06. The van der Waals surface area contributed by atoms with Crippen LogP contribution in [-0.2, 0) is 0 Å². The lowest BCUT2D eigenvalue weighted by Gasteiger charge is -2.05. The highest BCUT2D eigenvalue weighted by atomic mass is 35.5. The Morgan fingerprint density at radius 1 is 1.30 bits per heavy atom. The van der Waals surface area contributed by atoms with E-state index in [1.165, 1.54) is 6.20 Å². The van der Waals surface area contributed by atoms with Crippen molar-refractivity contribution in [3.05, 3.63) is 59.0 Å². The molecule has 100 valence electrons. The second-order valence-corrected chi connectivity index (χ2v) is 4.80. The number of hydrogen-bond donors (Lipinski definition) is 1. The minimum absolute atomic E-state index is 0.288. The molecule has 1 N–H and O–H groups in total. The molecule has 0 atom stereocenters. The number of carbonyl (C=O) groups excluding carboxylic acids is 1. The summed E-state index contributed by atoms with van der Waals surface area (Å²) in [4.78, 5) is 16.5. The number of aryl methyl sites for hydroxylation is 1. The Labute approximate surface area is 120 Å². The van der Waals surface area contributed by atoms with Crippen molar-refractivity contribution in [1.82, 2.24) is 14.6 Å². The van der Waals surface area contributed by atoms with Crippen LogP contribution in [0.15, 0.2) is 42.9 Å². The molecule has 1 aromatic carbocycles. The number of nitrogens with one attached hydrogen (secondary N) is 1. The average molecular weight is 287 g/mol. The van der Waals surface area contributed by atoms with Crippen LogP contribution < -0.4 is 5.32 Å². The summed E-state index contributed by atoms with van der Waals surface area (Å²) in [6.45, 7) is 1.91. The van der Waals surface area contributed by atoms with Crippen LogP contribution in [0.1, 0.15) is 15.9 Å². The normalized spacial score (nSPS) is 10.7. The number of anilines is 1. The zero-order chi connectivity index (χ0) is 14.1. The van der Waals surface area contributed by atoms with E-state index in [-0.39, 0.29) is 5.91 Å². The zero-order valence-corrected chi connectivity index (χ0v) is 11.4. The first-order chi connectivity index (χ1) is 9.65. The Kier molecular flexibility index (Phi) is 3.12. The highest BCUT2D eigenvalue weighted by Gasteiger charge is 2.14. The fourth-order valence-corrected chi connectivity index (χ4v) is 2.06. The average Bonchev–Trinajstić information content (AvgIpc) is 2.84. The van der Waals surface area contributed by atoms with Crippen LogP contribution in [0.4, 0.5) is 5.69 Å². The summed E-state index contributed by atoms with van der Waals surface area (Å²) in [6.07, 6.45) is 5.01. The van der Waals surface area contributed by atoms with Crippen LogP contribution in [-0.4, -0.2) is 20.5 Å². The fraction of sp³-hybridized carbons (Fsp3) is 0.0714. The third-order valence-corrected chi connectivity index (χ3v) is 3.18. The van der Waals surface area contributed by atoms with Gasteiger partial charge in [-0.3, -0.25) is 4.79 Å². The van der Waals surface area contributed by atoms with Crippen LogP contribution in [0.2, 0.25) is 5.02 Å². The van der Waals surface area contributed by atoms with E-state index >= 15 is 0 Å². The SMILES string of the molecule is Cc1cnc2c(C(=O)Nc3ccccc3Cl)cnn2c1. The van der Waals surface area contributed by atoms with Crippen molar-refractivity contribution in [3.8, 4) is 0 Å². The first-order valence-electron chi connectivity index (χ1n) is 6.01. The van der Waals surface area contributed by atoms with Crippen molar-refractivity contribution in [2.24, 2.45) is 0 Å². The molecule has 0 spiro atoms.